The fourth-order valence-electron chi connectivity index (χ4n) is 2.92. The predicted molar refractivity (Wildman–Crippen MR) is 92.3 cm³/mol. The fraction of sp³-hybridized carbons (Fsp3) is 0.350. The SMILES string of the molecule is CC[C@@H](NC(=O)c1ccc(C)cc1C)c1ccc(C)cc1C. The Kier molecular flexibility index (Phi) is 5.02. The molecule has 0 aromatic heterocycles. The molecule has 0 aliphatic carbocycles. The van der Waals surface area contributed by atoms with Crippen LogP contribution in [0.25, 0.3) is 0 Å². The Hall–Kier alpha value is -2.09. The standard InChI is InChI=1S/C20H25NO/c1-6-19(17-9-7-13(2)11-15(17)4)21-20(22)18-10-8-14(3)12-16(18)5/h7-12,19H,6H2,1-5H3,(H,21,22)/t19-/m1/s1. The van der Waals surface area contributed by atoms with E-state index in [1.54, 1.807) is 0 Å². The maximum Gasteiger partial charge on any atom is 0.252 e. The molecule has 2 aromatic rings. The lowest BCUT2D eigenvalue weighted by atomic mass is 9.97. The van der Waals surface area contributed by atoms with Crippen LogP contribution in [0, 0.1) is 27.7 Å². The van der Waals surface area contributed by atoms with Gasteiger partial charge in [-0.2, -0.15) is 0 Å². The average molecular weight is 295 g/mol. The first-order chi connectivity index (χ1) is 10.4. The second-order valence-electron chi connectivity index (χ2n) is 6.11. The molecule has 0 saturated heterocycles. The van der Waals surface area contributed by atoms with Crippen molar-refractivity contribution in [3.63, 3.8) is 0 Å². The molecule has 0 saturated carbocycles. The molecule has 1 amide bonds. The van der Waals surface area contributed by atoms with E-state index < -0.39 is 0 Å². The van der Waals surface area contributed by atoms with Gasteiger partial charge in [0.25, 0.3) is 5.91 Å². The van der Waals surface area contributed by atoms with E-state index in [-0.39, 0.29) is 11.9 Å². The molecule has 0 bridgehead atoms. The molecule has 1 N–H and O–H groups in total. The first kappa shape index (κ1) is 16.3. The van der Waals surface area contributed by atoms with Crippen LogP contribution in [0.15, 0.2) is 36.4 Å². The lowest BCUT2D eigenvalue weighted by molar-refractivity contribution is 0.0935. The highest BCUT2D eigenvalue weighted by Crippen LogP contribution is 2.22. The molecule has 2 aromatic carbocycles. The third kappa shape index (κ3) is 3.56. The van der Waals surface area contributed by atoms with E-state index in [1.807, 2.05) is 32.0 Å². The molecule has 2 heteroatoms. The largest absolute Gasteiger partial charge is 0.345 e. The number of hydrogen-bond donors (Lipinski definition) is 1. The van der Waals surface area contributed by atoms with Crippen LogP contribution >= 0.6 is 0 Å². The number of aryl methyl sites for hydroxylation is 4. The zero-order valence-electron chi connectivity index (χ0n) is 14.2. The molecule has 2 rings (SSSR count). The summed E-state index contributed by atoms with van der Waals surface area (Å²) >= 11 is 0. The second kappa shape index (κ2) is 6.78. The lowest BCUT2D eigenvalue weighted by Gasteiger charge is -2.20. The van der Waals surface area contributed by atoms with Gasteiger partial charge in [0.1, 0.15) is 0 Å². The molecule has 1 atom stereocenters. The summed E-state index contributed by atoms with van der Waals surface area (Å²) in [7, 11) is 0. The molecule has 0 fully saturated rings. The van der Waals surface area contributed by atoms with Crippen LogP contribution in [0.1, 0.15) is 57.6 Å². The maximum atomic E-state index is 12.6. The maximum absolute atomic E-state index is 12.6. The molecular formula is C20H25NO. The second-order valence-corrected chi connectivity index (χ2v) is 6.11. The molecule has 0 heterocycles. The predicted octanol–water partition coefficient (Wildman–Crippen LogP) is 4.80. The van der Waals surface area contributed by atoms with E-state index >= 15 is 0 Å². The Morgan fingerprint density at radius 2 is 1.55 bits per heavy atom. The number of nitrogens with one attached hydrogen (secondary N) is 1. The van der Waals surface area contributed by atoms with Crippen molar-refractivity contribution in [2.75, 3.05) is 0 Å². The van der Waals surface area contributed by atoms with Crippen LogP contribution in [0.4, 0.5) is 0 Å². The number of rotatable bonds is 4. The molecule has 0 unspecified atom stereocenters. The molecule has 116 valence electrons. The number of carbonyl (C=O) groups excluding carboxylic acids is 1. The highest BCUT2D eigenvalue weighted by molar-refractivity contribution is 5.96. The van der Waals surface area contributed by atoms with E-state index in [0.717, 1.165) is 17.5 Å². The third-order valence-corrected chi connectivity index (χ3v) is 4.14. The average Bonchev–Trinajstić information content (AvgIpc) is 2.45. The van der Waals surface area contributed by atoms with Gasteiger partial charge in [-0.05, 0) is 56.9 Å². The van der Waals surface area contributed by atoms with Crippen LogP contribution in [-0.4, -0.2) is 5.91 Å². The third-order valence-electron chi connectivity index (χ3n) is 4.14. The molecule has 0 aliphatic heterocycles. The van der Waals surface area contributed by atoms with Gasteiger partial charge in [-0.25, -0.2) is 0 Å². The zero-order chi connectivity index (χ0) is 16.3. The van der Waals surface area contributed by atoms with Crippen molar-refractivity contribution in [1.29, 1.82) is 0 Å². The van der Waals surface area contributed by atoms with Crippen molar-refractivity contribution in [2.24, 2.45) is 0 Å². The minimum atomic E-state index is 0.00400. The van der Waals surface area contributed by atoms with Gasteiger partial charge in [0.05, 0.1) is 6.04 Å². The van der Waals surface area contributed by atoms with Gasteiger partial charge in [0.2, 0.25) is 0 Å². The lowest BCUT2D eigenvalue weighted by Crippen LogP contribution is -2.29. The van der Waals surface area contributed by atoms with Gasteiger partial charge in [-0.3, -0.25) is 4.79 Å². The van der Waals surface area contributed by atoms with Gasteiger partial charge < -0.3 is 5.32 Å². The van der Waals surface area contributed by atoms with Gasteiger partial charge in [0.15, 0.2) is 0 Å². The van der Waals surface area contributed by atoms with E-state index in [4.69, 9.17) is 0 Å². The van der Waals surface area contributed by atoms with Crippen molar-refractivity contribution in [1.82, 2.24) is 5.32 Å². The highest BCUT2D eigenvalue weighted by atomic mass is 16.1. The van der Waals surface area contributed by atoms with E-state index in [0.29, 0.717) is 0 Å². The van der Waals surface area contributed by atoms with Crippen LogP contribution < -0.4 is 5.32 Å². The molecule has 2 nitrogen and oxygen atoms in total. The van der Waals surface area contributed by atoms with Crippen LogP contribution in [-0.2, 0) is 0 Å². The summed E-state index contributed by atoms with van der Waals surface area (Å²) in [6, 6.07) is 12.4. The normalized spacial score (nSPS) is 12.0. The van der Waals surface area contributed by atoms with Crippen molar-refractivity contribution >= 4 is 5.91 Å². The van der Waals surface area contributed by atoms with Gasteiger partial charge >= 0.3 is 0 Å². The first-order valence-corrected chi connectivity index (χ1v) is 7.87. The number of carbonyl (C=O) groups is 1. The topological polar surface area (TPSA) is 29.1 Å². The van der Waals surface area contributed by atoms with Crippen molar-refractivity contribution < 1.29 is 4.79 Å². The number of benzene rings is 2. The van der Waals surface area contributed by atoms with Crippen LogP contribution in [0.2, 0.25) is 0 Å². The summed E-state index contributed by atoms with van der Waals surface area (Å²) < 4.78 is 0. The molecular weight excluding hydrogens is 270 g/mol. The molecule has 0 spiro atoms. The Balaban J connectivity index is 2.24. The zero-order valence-corrected chi connectivity index (χ0v) is 14.2. The first-order valence-electron chi connectivity index (χ1n) is 7.87. The van der Waals surface area contributed by atoms with Crippen molar-refractivity contribution in [3.8, 4) is 0 Å². The minimum Gasteiger partial charge on any atom is -0.345 e. The Bertz CT molecular complexity index is 688. The van der Waals surface area contributed by atoms with Crippen LogP contribution in [0.5, 0.6) is 0 Å². The van der Waals surface area contributed by atoms with Gasteiger partial charge in [0, 0.05) is 5.56 Å². The molecule has 0 aliphatic rings. The van der Waals surface area contributed by atoms with Gasteiger partial charge in [-0.1, -0.05) is 48.4 Å². The van der Waals surface area contributed by atoms with E-state index in [2.05, 4.69) is 44.3 Å². The Morgan fingerprint density at radius 3 is 2.09 bits per heavy atom. The van der Waals surface area contributed by atoms with Crippen molar-refractivity contribution in [3.05, 3.63) is 69.8 Å². The monoisotopic (exact) mass is 295 g/mol. The number of amides is 1. The summed E-state index contributed by atoms with van der Waals surface area (Å²) in [6.45, 7) is 10.3. The minimum absolute atomic E-state index is 0.00400. The molecule has 22 heavy (non-hydrogen) atoms. The highest BCUT2D eigenvalue weighted by Gasteiger charge is 2.17. The smallest absolute Gasteiger partial charge is 0.252 e. The Labute approximate surface area is 133 Å². The van der Waals surface area contributed by atoms with Crippen molar-refractivity contribution in [2.45, 2.75) is 47.1 Å². The van der Waals surface area contributed by atoms with E-state index in [1.165, 1.54) is 22.3 Å². The fourth-order valence-corrected chi connectivity index (χ4v) is 2.92. The summed E-state index contributed by atoms with van der Waals surface area (Å²) in [6.07, 6.45) is 0.876. The van der Waals surface area contributed by atoms with Gasteiger partial charge in [-0.15, -0.1) is 0 Å². The number of hydrogen-bond acceptors (Lipinski definition) is 1. The van der Waals surface area contributed by atoms with Crippen LogP contribution in [0.3, 0.4) is 0 Å². The summed E-state index contributed by atoms with van der Waals surface area (Å²) in [5.74, 6) is 0.00400. The molecule has 0 radical (unpaired) electrons. The Morgan fingerprint density at radius 1 is 0.955 bits per heavy atom. The quantitative estimate of drug-likeness (QED) is 0.862. The summed E-state index contributed by atoms with van der Waals surface area (Å²) in [4.78, 5) is 12.6. The summed E-state index contributed by atoms with van der Waals surface area (Å²) in [5, 5.41) is 3.18. The summed E-state index contributed by atoms with van der Waals surface area (Å²) in [5.41, 5.74) is 6.63. The van der Waals surface area contributed by atoms with E-state index in [9.17, 15) is 4.79 Å².